The largest absolute Gasteiger partial charge is 0.455 e. The van der Waals surface area contributed by atoms with Gasteiger partial charge in [-0.05, 0) is 24.3 Å². The molecule has 0 bridgehead atoms. The van der Waals surface area contributed by atoms with E-state index < -0.39 is 0 Å². The lowest BCUT2D eigenvalue weighted by Gasteiger charge is -2.09. The van der Waals surface area contributed by atoms with Gasteiger partial charge in [0.05, 0.1) is 10.6 Å². The van der Waals surface area contributed by atoms with Crippen LogP contribution < -0.4 is 4.74 Å². The molecule has 2 nitrogen and oxygen atoms in total. The first kappa shape index (κ1) is 10.7. The highest BCUT2D eigenvalue weighted by Gasteiger charge is 2.08. The number of ether oxygens (including phenoxy) is 1. The molecule has 0 saturated heterocycles. The van der Waals surface area contributed by atoms with Crippen LogP contribution in [-0.2, 0) is 0 Å². The highest BCUT2D eigenvalue weighted by molar-refractivity contribution is 6.32. The Morgan fingerprint density at radius 1 is 1.00 bits per heavy atom. The maximum atomic E-state index is 10.8. The topological polar surface area (TPSA) is 26.3 Å². The number of rotatable bonds is 3. The van der Waals surface area contributed by atoms with Crippen molar-refractivity contribution in [2.75, 3.05) is 0 Å². The maximum absolute atomic E-state index is 10.8. The van der Waals surface area contributed by atoms with Crippen molar-refractivity contribution >= 4 is 17.9 Å². The molecule has 2 rings (SSSR count). The summed E-state index contributed by atoms with van der Waals surface area (Å²) < 4.78 is 5.57. The Hall–Kier alpha value is -1.80. The number of benzene rings is 2. The molecular weight excluding hydrogens is 224 g/mol. The van der Waals surface area contributed by atoms with Gasteiger partial charge in [0.1, 0.15) is 5.75 Å². The van der Waals surface area contributed by atoms with Gasteiger partial charge in [-0.25, -0.2) is 0 Å². The van der Waals surface area contributed by atoms with Gasteiger partial charge in [-0.2, -0.15) is 0 Å². The van der Waals surface area contributed by atoms with Crippen molar-refractivity contribution in [2.24, 2.45) is 0 Å². The predicted octanol–water partition coefficient (Wildman–Crippen LogP) is 3.94. The molecule has 80 valence electrons. The Morgan fingerprint density at radius 2 is 1.75 bits per heavy atom. The number of halogens is 1. The summed E-state index contributed by atoms with van der Waals surface area (Å²) >= 11 is 5.97. The molecule has 0 fully saturated rings. The van der Waals surface area contributed by atoms with Gasteiger partial charge in [-0.3, -0.25) is 4.79 Å². The van der Waals surface area contributed by atoms with E-state index in [1.54, 1.807) is 30.3 Å². The summed E-state index contributed by atoms with van der Waals surface area (Å²) in [5.74, 6) is 1.05. The molecule has 0 radical (unpaired) electrons. The molecule has 2 aromatic rings. The summed E-state index contributed by atoms with van der Waals surface area (Å²) in [5.41, 5.74) is 0.441. The Kier molecular flexibility index (Phi) is 3.22. The monoisotopic (exact) mass is 232 g/mol. The van der Waals surface area contributed by atoms with Crippen LogP contribution in [0.4, 0.5) is 0 Å². The third-order valence-electron chi connectivity index (χ3n) is 2.09. The van der Waals surface area contributed by atoms with Gasteiger partial charge < -0.3 is 4.74 Å². The molecule has 3 heteroatoms. The molecule has 0 unspecified atom stereocenters. The van der Waals surface area contributed by atoms with Crippen LogP contribution in [-0.4, -0.2) is 6.29 Å². The van der Waals surface area contributed by atoms with Crippen LogP contribution in [0.2, 0.25) is 5.02 Å². The van der Waals surface area contributed by atoms with Gasteiger partial charge in [-0.15, -0.1) is 0 Å². The molecule has 0 aliphatic carbocycles. The lowest BCUT2D eigenvalue weighted by Crippen LogP contribution is -1.90. The minimum absolute atomic E-state index is 0.394. The normalized spacial score (nSPS) is 9.81. The molecule has 0 aliphatic heterocycles. The second-order valence-electron chi connectivity index (χ2n) is 3.19. The summed E-state index contributed by atoms with van der Waals surface area (Å²) in [4.78, 5) is 10.8. The highest BCUT2D eigenvalue weighted by Crippen LogP contribution is 2.31. The van der Waals surface area contributed by atoms with E-state index in [0.717, 1.165) is 6.29 Å². The van der Waals surface area contributed by atoms with Crippen LogP contribution in [0.5, 0.6) is 11.5 Å². The van der Waals surface area contributed by atoms with E-state index in [2.05, 4.69) is 0 Å². The Bertz CT molecular complexity index is 495. The third kappa shape index (κ3) is 2.23. The van der Waals surface area contributed by atoms with Crippen LogP contribution in [0.15, 0.2) is 48.5 Å². The smallest absolute Gasteiger partial charge is 0.156 e. The van der Waals surface area contributed by atoms with Crippen molar-refractivity contribution in [2.45, 2.75) is 0 Å². The molecular formula is C13H9ClO2. The van der Waals surface area contributed by atoms with E-state index in [-0.39, 0.29) is 0 Å². The molecule has 0 aliphatic rings. The van der Waals surface area contributed by atoms with Crippen LogP contribution in [0.1, 0.15) is 10.4 Å². The minimum atomic E-state index is 0.394. The van der Waals surface area contributed by atoms with Crippen molar-refractivity contribution < 1.29 is 9.53 Å². The van der Waals surface area contributed by atoms with Gasteiger partial charge in [0.15, 0.2) is 12.0 Å². The zero-order valence-corrected chi connectivity index (χ0v) is 9.15. The van der Waals surface area contributed by atoms with Gasteiger partial charge in [-0.1, -0.05) is 35.9 Å². The van der Waals surface area contributed by atoms with Gasteiger partial charge in [0.25, 0.3) is 0 Å². The summed E-state index contributed by atoms with van der Waals surface area (Å²) in [6.07, 6.45) is 0.726. The zero-order chi connectivity index (χ0) is 11.4. The molecule has 2 aromatic carbocycles. The average Bonchev–Trinajstić information content (AvgIpc) is 2.33. The standard InChI is InChI=1S/C13H9ClO2/c14-12-8-4-5-10(9-15)13(12)16-11-6-2-1-3-7-11/h1-9H. The number of carbonyl (C=O) groups is 1. The summed E-state index contributed by atoms with van der Waals surface area (Å²) in [6.45, 7) is 0. The first-order valence-corrected chi connectivity index (χ1v) is 5.15. The summed E-state index contributed by atoms with van der Waals surface area (Å²) in [6, 6.07) is 14.3. The predicted molar refractivity (Wildman–Crippen MR) is 63.4 cm³/mol. The number of aldehydes is 1. The zero-order valence-electron chi connectivity index (χ0n) is 8.39. The third-order valence-corrected chi connectivity index (χ3v) is 2.39. The van der Waals surface area contributed by atoms with E-state index in [0.29, 0.717) is 22.1 Å². The van der Waals surface area contributed by atoms with E-state index in [4.69, 9.17) is 16.3 Å². The maximum Gasteiger partial charge on any atom is 0.156 e. The fourth-order valence-corrected chi connectivity index (χ4v) is 1.55. The van der Waals surface area contributed by atoms with E-state index in [9.17, 15) is 4.79 Å². The highest BCUT2D eigenvalue weighted by atomic mass is 35.5. The quantitative estimate of drug-likeness (QED) is 0.749. The molecule has 0 amide bonds. The van der Waals surface area contributed by atoms with E-state index in [1.165, 1.54) is 0 Å². The van der Waals surface area contributed by atoms with Gasteiger partial charge >= 0.3 is 0 Å². The van der Waals surface area contributed by atoms with Crippen molar-refractivity contribution in [3.8, 4) is 11.5 Å². The first-order chi connectivity index (χ1) is 7.81. The van der Waals surface area contributed by atoms with Gasteiger partial charge in [0.2, 0.25) is 0 Å². The van der Waals surface area contributed by atoms with E-state index >= 15 is 0 Å². The molecule has 16 heavy (non-hydrogen) atoms. The first-order valence-electron chi connectivity index (χ1n) is 4.78. The van der Waals surface area contributed by atoms with E-state index in [1.807, 2.05) is 18.2 Å². The fourth-order valence-electron chi connectivity index (χ4n) is 1.33. The lowest BCUT2D eigenvalue weighted by molar-refractivity contribution is 0.112. The number of hydrogen-bond donors (Lipinski definition) is 0. The van der Waals surface area contributed by atoms with Crippen LogP contribution in [0.25, 0.3) is 0 Å². The molecule has 0 heterocycles. The van der Waals surface area contributed by atoms with Crippen molar-refractivity contribution in [1.82, 2.24) is 0 Å². The average molecular weight is 233 g/mol. The lowest BCUT2D eigenvalue weighted by atomic mass is 10.2. The second kappa shape index (κ2) is 4.81. The van der Waals surface area contributed by atoms with Crippen LogP contribution in [0, 0.1) is 0 Å². The SMILES string of the molecule is O=Cc1cccc(Cl)c1Oc1ccccc1. The second-order valence-corrected chi connectivity index (χ2v) is 3.60. The Labute approximate surface area is 98.4 Å². The van der Waals surface area contributed by atoms with Crippen molar-refractivity contribution in [1.29, 1.82) is 0 Å². The van der Waals surface area contributed by atoms with Gasteiger partial charge in [0, 0.05) is 0 Å². The van der Waals surface area contributed by atoms with Crippen molar-refractivity contribution in [3.63, 3.8) is 0 Å². The summed E-state index contributed by atoms with van der Waals surface area (Å²) in [7, 11) is 0. The number of para-hydroxylation sites is 2. The molecule has 0 N–H and O–H groups in total. The molecule has 0 atom stereocenters. The Balaban J connectivity index is 2.38. The summed E-state index contributed by atoms with van der Waals surface area (Å²) in [5, 5.41) is 0.424. The molecule has 0 aromatic heterocycles. The molecule has 0 saturated carbocycles. The number of carbonyl (C=O) groups excluding carboxylic acids is 1. The van der Waals surface area contributed by atoms with Crippen molar-refractivity contribution in [3.05, 3.63) is 59.1 Å². The van der Waals surface area contributed by atoms with Crippen LogP contribution >= 0.6 is 11.6 Å². The fraction of sp³-hybridized carbons (Fsp3) is 0. The minimum Gasteiger partial charge on any atom is -0.455 e. The Morgan fingerprint density at radius 3 is 2.44 bits per heavy atom. The number of hydrogen-bond acceptors (Lipinski definition) is 2. The van der Waals surface area contributed by atoms with Crippen LogP contribution in [0.3, 0.4) is 0 Å². The molecule has 0 spiro atoms.